The lowest BCUT2D eigenvalue weighted by Gasteiger charge is -2.29. The minimum absolute atomic E-state index is 0.113. The molecule has 2 rings (SSSR count). The Bertz CT molecular complexity index is 385. The molecule has 1 heterocycles. The number of carbonyl (C=O) groups excluding carboxylic acids is 1. The molecule has 0 spiro atoms. The molecule has 6 nitrogen and oxygen atoms in total. The number of fused-ring (bicyclic) bond motifs is 1. The number of hydrogen-bond acceptors (Lipinski definition) is 3. The first-order valence-electron chi connectivity index (χ1n) is 7.34. The number of rotatable bonds is 4. The molecule has 2 amide bonds. The number of carbonyl (C=O) groups is 2. The highest BCUT2D eigenvalue weighted by atomic mass is 16.4. The van der Waals surface area contributed by atoms with Crippen LogP contribution in [0, 0.1) is 11.8 Å². The van der Waals surface area contributed by atoms with E-state index in [1.54, 1.807) is 14.0 Å². The van der Waals surface area contributed by atoms with Gasteiger partial charge >= 0.3 is 12.0 Å². The number of urea groups is 1. The second kappa shape index (κ2) is 5.99. The first kappa shape index (κ1) is 15.1. The molecule has 0 aromatic heterocycles. The van der Waals surface area contributed by atoms with Crippen molar-refractivity contribution in [2.75, 3.05) is 20.1 Å². The van der Waals surface area contributed by atoms with Gasteiger partial charge < -0.3 is 20.0 Å². The fourth-order valence-electron chi connectivity index (χ4n) is 3.51. The topological polar surface area (TPSA) is 81.1 Å². The SMILES string of the molecule is CC(O)CCN(C)C(=O)N1CC2CCCC2C1C(=O)O. The monoisotopic (exact) mass is 284 g/mol. The summed E-state index contributed by atoms with van der Waals surface area (Å²) in [6.45, 7) is 2.67. The van der Waals surface area contributed by atoms with Crippen LogP contribution in [0.1, 0.15) is 32.6 Å². The molecule has 2 N–H and O–H groups in total. The maximum atomic E-state index is 12.4. The third-order valence-electron chi connectivity index (χ3n) is 4.60. The van der Waals surface area contributed by atoms with E-state index in [0.29, 0.717) is 25.4 Å². The number of aliphatic hydroxyl groups excluding tert-OH is 1. The molecule has 2 aliphatic rings. The average molecular weight is 284 g/mol. The summed E-state index contributed by atoms with van der Waals surface area (Å²) >= 11 is 0. The number of carboxylic acid groups (broad SMARTS) is 1. The highest BCUT2D eigenvalue weighted by Crippen LogP contribution is 2.42. The molecule has 0 aromatic carbocycles. The van der Waals surface area contributed by atoms with Crippen molar-refractivity contribution in [3.63, 3.8) is 0 Å². The predicted molar refractivity (Wildman–Crippen MR) is 73.3 cm³/mol. The zero-order valence-electron chi connectivity index (χ0n) is 12.2. The second-order valence-corrected chi connectivity index (χ2v) is 6.13. The molecule has 1 aliphatic carbocycles. The molecule has 20 heavy (non-hydrogen) atoms. The standard InChI is InChI=1S/C14H24N2O4/c1-9(17)6-7-15(2)14(20)16-8-10-4-3-5-11(10)12(16)13(18)19/h9-12,17H,3-8H2,1-2H3,(H,18,19). The summed E-state index contributed by atoms with van der Waals surface area (Å²) in [5.41, 5.74) is 0. The van der Waals surface area contributed by atoms with Gasteiger partial charge in [-0.3, -0.25) is 0 Å². The predicted octanol–water partition coefficient (Wildman–Crippen LogP) is 0.994. The molecule has 6 heteroatoms. The Balaban J connectivity index is 2.03. The van der Waals surface area contributed by atoms with Gasteiger partial charge in [0.15, 0.2) is 0 Å². The van der Waals surface area contributed by atoms with Crippen molar-refractivity contribution < 1.29 is 19.8 Å². The van der Waals surface area contributed by atoms with E-state index in [4.69, 9.17) is 0 Å². The van der Waals surface area contributed by atoms with Crippen molar-refractivity contribution in [3.05, 3.63) is 0 Å². The van der Waals surface area contributed by atoms with Gasteiger partial charge in [0.2, 0.25) is 0 Å². The van der Waals surface area contributed by atoms with Gasteiger partial charge in [0, 0.05) is 20.1 Å². The van der Waals surface area contributed by atoms with E-state index in [9.17, 15) is 19.8 Å². The van der Waals surface area contributed by atoms with Crippen molar-refractivity contribution in [2.24, 2.45) is 11.8 Å². The number of nitrogens with zero attached hydrogens (tertiary/aromatic N) is 2. The van der Waals surface area contributed by atoms with Crippen molar-refractivity contribution >= 4 is 12.0 Å². The molecule has 4 atom stereocenters. The van der Waals surface area contributed by atoms with Crippen LogP contribution in [-0.4, -0.2) is 64.3 Å². The van der Waals surface area contributed by atoms with Gasteiger partial charge in [0.1, 0.15) is 6.04 Å². The Labute approximate surface area is 119 Å². The van der Waals surface area contributed by atoms with Crippen molar-refractivity contribution in [2.45, 2.75) is 44.8 Å². The van der Waals surface area contributed by atoms with Gasteiger partial charge in [-0.2, -0.15) is 0 Å². The van der Waals surface area contributed by atoms with Crippen LogP contribution in [0.4, 0.5) is 4.79 Å². The van der Waals surface area contributed by atoms with Crippen LogP contribution in [0.3, 0.4) is 0 Å². The Morgan fingerprint density at radius 2 is 2.10 bits per heavy atom. The van der Waals surface area contributed by atoms with E-state index in [1.165, 1.54) is 9.80 Å². The fraction of sp³-hybridized carbons (Fsp3) is 0.857. The first-order chi connectivity index (χ1) is 9.41. The van der Waals surface area contributed by atoms with E-state index in [1.807, 2.05) is 0 Å². The van der Waals surface area contributed by atoms with Crippen molar-refractivity contribution in [1.82, 2.24) is 9.80 Å². The summed E-state index contributed by atoms with van der Waals surface area (Å²) in [4.78, 5) is 26.9. The Morgan fingerprint density at radius 1 is 1.40 bits per heavy atom. The zero-order chi connectivity index (χ0) is 14.9. The van der Waals surface area contributed by atoms with Crippen LogP contribution in [0.5, 0.6) is 0 Å². The zero-order valence-corrected chi connectivity index (χ0v) is 12.2. The summed E-state index contributed by atoms with van der Waals surface area (Å²) in [6, 6.07) is -0.906. The van der Waals surface area contributed by atoms with Crippen molar-refractivity contribution in [1.29, 1.82) is 0 Å². The summed E-state index contributed by atoms with van der Waals surface area (Å²) in [5, 5.41) is 18.7. The molecule has 1 saturated heterocycles. The molecular formula is C14H24N2O4. The molecule has 1 saturated carbocycles. The molecular weight excluding hydrogens is 260 g/mol. The van der Waals surface area contributed by atoms with E-state index in [0.717, 1.165) is 19.3 Å². The second-order valence-electron chi connectivity index (χ2n) is 6.13. The Morgan fingerprint density at radius 3 is 2.70 bits per heavy atom. The lowest BCUT2D eigenvalue weighted by atomic mass is 9.94. The summed E-state index contributed by atoms with van der Waals surface area (Å²) < 4.78 is 0. The van der Waals surface area contributed by atoms with E-state index in [2.05, 4.69) is 0 Å². The lowest BCUT2D eigenvalue weighted by Crippen LogP contribution is -2.48. The third-order valence-corrected chi connectivity index (χ3v) is 4.60. The number of hydrogen-bond donors (Lipinski definition) is 2. The number of carboxylic acids is 1. The molecule has 114 valence electrons. The van der Waals surface area contributed by atoms with E-state index < -0.39 is 18.1 Å². The molecule has 0 radical (unpaired) electrons. The Hall–Kier alpha value is -1.30. The van der Waals surface area contributed by atoms with Gasteiger partial charge in [-0.15, -0.1) is 0 Å². The van der Waals surface area contributed by atoms with E-state index in [-0.39, 0.29) is 11.9 Å². The number of aliphatic carboxylic acids is 1. The minimum atomic E-state index is -0.892. The van der Waals surface area contributed by atoms with Gasteiger partial charge in [-0.05, 0) is 38.0 Å². The van der Waals surface area contributed by atoms with Gasteiger partial charge in [0.25, 0.3) is 0 Å². The van der Waals surface area contributed by atoms with Crippen LogP contribution in [-0.2, 0) is 4.79 Å². The van der Waals surface area contributed by atoms with Gasteiger partial charge in [0.05, 0.1) is 6.10 Å². The molecule has 0 bridgehead atoms. The summed E-state index contributed by atoms with van der Waals surface area (Å²) in [7, 11) is 1.66. The highest BCUT2D eigenvalue weighted by Gasteiger charge is 2.50. The maximum absolute atomic E-state index is 12.4. The lowest BCUT2D eigenvalue weighted by molar-refractivity contribution is -0.142. The van der Waals surface area contributed by atoms with Crippen LogP contribution in [0.25, 0.3) is 0 Å². The molecule has 1 aliphatic heterocycles. The molecule has 2 fully saturated rings. The van der Waals surface area contributed by atoms with E-state index >= 15 is 0 Å². The number of aliphatic hydroxyl groups is 1. The number of likely N-dealkylation sites (tertiary alicyclic amines) is 1. The van der Waals surface area contributed by atoms with Crippen LogP contribution in [0.2, 0.25) is 0 Å². The first-order valence-corrected chi connectivity index (χ1v) is 7.34. The Kier molecular flexibility index (Phi) is 4.52. The van der Waals surface area contributed by atoms with Crippen LogP contribution in [0.15, 0.2) is 0 Å². The molecule has 0 aromatic rings. The summed E-state index contributed by atoms with van der Waals surface area (Å²) in [6.07, 6.45) is 3.04. The smallest absolute Gasteiger partial charge is 0.326 e. The quantitative estimate of drug-likeness (QED) is 0.807. The van der Waals surface area contributed by atoms with Crippen LogP contribution < -0.4 is 0 Å². The number of amides is 2. The normalized spacial score (nSPS) is 30.1. The average Bonchev–Trinajstić information content (AvgIpc) is 2.93. The van der Waals surface area contributed by atoms with Gasteiger partial charge in [-0.25, -0.2) is 9.59 Å². The third kappa shape index (κ3) is 2.90. The summed E-state index contributed by atoms with van der Waals surface area (Å²) in [5.74, 6) is -0.441. The largest absolute Gasteiger partial charge is 0.480 e. The van der Waals surface area contributed by atoms with Crippen LogP contribution >= 0.6 is 0 Å². The fourth-order valence-corrected chi connectivity index (χ4v) is 3.51. The highest BCUT2D eigenvalue weighted by molar-refractivity contribution is 5.83. The molecule has 4 unspecified atom stereocenters. The van der Waals surface area contributed by atoms with Crippen molar-refractivity contribution in [3.8, 4) is 0 Å². The van der Waals surface area contributed by atoms with Gasteiger partial charge in [-0.1, -0.05) is 6.42 Å². The minimum Gasteiger partial charge on any atom is -0.480 e. The maximum Gasteiger partial charge on any atom is 0.326 e.